The van der Waals surface area contributed by atoms with E-state index in [1.165, 1.54) is 23.6 Å². The largest absolute Gasteiger partial charge is 0.468 e. The Morgan fingerprint density at radius 2 is 1.82 bits per heavy atom. The summed E-state index contributed by atoms with van der Waals surface area (Å²) >= 11 is 1.22. The van der Waals surface area contributed by atoms with Gasteiger partial charge in [0.1, 0.15) is 5.76 Å². The van der Waals surface area contributed by atoms with Crippen molar-refractivity contribution < 1.29 is 14.0 Å². The highest BCUT2D eigenvalue weighted by Crippen LogP contribution is 2.41. The van der Waals surface area contributed by atoms with Crippen LogP contribution in [0.3, 0.4) is 0 Å². The predicted octanol–water partition coefficient (Wildman–Crippen LogP) is 6.98. The van der Waals surface area contributed by atoms with Gasteiger partial charge in [0.15, 0.2) is 0 Å². The Bertz CT molecular complexity index is 1500. The summed E-state index contributed by atoms with van der Waals surface area (Å²) in [5.41, 5.74) is 5.99. The lowest BCUT2D eigenvalue weighted by atomic mass is 9.85. The monoisotopic (exact) mass is 554 g/mol. The van der Waals surface area contributed by atoms with E-state index >= 15 is 0 Å². The van der Waals surface area contributed by atoms with Crippen molar-refractivity contribution in [2.75, 3.05) is 16.4 Å². The first-order chi connectivity index (χ1) is 19.2. The molecule has 0 bridgehead atoms. The fourth-order valence-corrected chi connectivity index (χ4v) is 5.63. The van der Waals surface area contributed by atoms with E-state index < -0.39 is 5.92 Å². The summed E-state index contributed by atoms with van der Waals surface area (Å²) in [4.78, 5) is 26.5. The molecule has 7 nitrogen and oxygen atoms in total. The normalized spacial score (nSPS) is 15.1. The van der Waals surface area contributed by atoms with Crippen molar-refractivity contribution in [1.82, 2.24) is 5.32 Å². The van der Waals surface area contributed by atoms with Crippen LogP contribution in [-0.2, 0) is 16.0 Å². The number of nitriles is 1. The van der Waals surface area contributed by atoms with Gasteiger partial charge in [-0.15, -0.1) is 0 Å². The standard InChI is InChI=1S/C32H34N4O3S/c1-6-22-10-7-9-20(4)30(22)36-31(38)28-21(5)34-32(25(17-33)29(28)26-11-8-16-39-26)40-18-27(37)35-24-14-12-23(13-15-24)19(2)3/h7-16,19,29,34H,6,18H2,1-5H3,(H,35,37)(H,36,38)/t29-/m1/s1. The molecule has 1 aliphatic heterocycles. The van der Waals surface area contributed by atoms with Gasteiger partial charge in [0.05, 0.1) is 40.2 Å². The van der Waals surface area contributed by atoms with Gasteiger partial charge < -0.3 is 20.4 Å². The summed E-state index contributed by atoms with van der Waals surface area (Å²) in [5, 5.41) is 20.0. The van der Waals surface area contributed by atoms with Crippen molar-refractivity contribution in [3.63, 3.8) is 0 Å². The molecule has 3 aromatic rings. The van der Waals surface area contributed by atoms with Gasteiger partial charge in [0.2, 0.25) is 5.91 Å². The minimum atomic E-state index is -0.718. The van der Waals surface area contributed by atoms with E-state index in [1.54, 1.807) is 19.1 Å². The van der Waals surface area contributed by atoms with Crippen LogP contribution in [0, 0.1) is 18.3 Å². The first kappa shape index (κ1) is 28.8. The molecule has 2 aromatic carbocycles. The zero-order chi connectivity index (χ0) is 28.8. The fourth-order valence-electron chi connectivity index (χ4n) is 4.74. The minimum absolute atomic E-state index is 0.0855. The first-order valence-corrected chi connectivity index (χ1v) is 14.3. The third-order valence-corrected chi connectivity index (χ3v) is 7.92. The van der Waals surface area contributed by atoms with Crippen LogP contribution >= 0.6 is 11.8 Å². The van der Waals surface area contributed by atoms with Gasteiger partial charge >= 0.3 is 0 Å². The summed E-state index contributed by atoms with van der Waals surface area (Å²) in [6.07, 6.45) is 2.29. The molecule has 206 valence electrons. The maximum absolute atomic E-state index is 13.8. The molecule has 0 fully saturated rings. The smallest absolute Gasteiger partial charge is 0.254 e. The van der Waals surface area contributed by atoms with Crippen LogP contribution in [0.4, 0.5) is 11.4 Å². The zero-order valence-corrected chi connectivity index (χ0v) is 24.2. The van der Waals surface area contributed by atoms with E-state index in [0.717, 1.165) is 23.2 Å². The number of hydrogen-bond acceptors (Lipinski definition) is 6. The quantitative estimate of drug-likeness (QED) is 0.263. The van der Waals surface area contributed by atoms with Crippen LogP contribution in [0.2, 0.25) is 0 Å². The number of amides is 2. The van der Waals surface area contributed by atoms with Gasteiger partial charge in [-0.3, -0.25) is 9.59 Å². The van der Waals surface area contributed by atoms with Gasteiger partial charge in [-0.25, -0.2) is 0 Å². The third kappa shape index (κ3) is 6.32. The van der Waals surface area contributed by atoms with Crippen LogP contribution in [-0.4, -0.2) is 17.6 Å². The molecule has 4 rings (SSSR count). The van der Waals surface area contributed by atoms with Crippen LogP contribution in [0.15, 0.2) is 87.1 Å². The number of furan rings is 1. The molecule has 0 unspecified atom stereocenters. The Hall–Kier alpha value is -4.22. The van der Waals surface area contributed by atoms with E-state index in [1.807, 2.05) is 56.3 Å². The number of carbonyl (C=O) groups excluding carboxylic acids is 2. The molecular weight excluding hydrogens is 520 g/mol. The maximum Gasteiger partial charge on any atom is 0.254 e. The number of thioether (sulfide) groups is 1. The Morgan fingerprint density at radius 3 is 2.45 bits per heavy atom. The summed E-state index contributed by atoms with van der Waals surface area (Å²) in [6, 6.07) is 19.5. The zero-order valence-electron chi connectivity index (χ0n) is 23.4. The molecule has 1 atom stereocenters. The highest BCUT2D eigenvalue weighted by Gasteiger charge is 2.36. The molecule has 1 aromatic heterocycles. The summed E-state index contributed by atoms with van der Waals surface area (Å²) in [5.74, 6) is -0.248. The molecular formula is C32H34N4O3S. The Balaban J connectivity index is 1.57. The van der Waals surface area contributed by atoms with Crippen molar-refractivity contribution in [2.24, 2.45) is 0 Å². The van der Waals surface area contributed by atoms with Crippen LogP contribution < -0.4 is 16.0 Å². The fraction of sp³-hybridized carbons (Fsp3) is 0.281. The van der Waals surface area contributed by atoms with Gasteiger partial charge in [0.25, 0.3) is 5.91 Å². The second-order valence-corrected chi connectivity index (χ2v) is 11.0. The highest BCUT2D eigenvalue weighted by molar-refractivity contribution is 8.03. The molecule has 2 heterocycles. The summed E-state index contributed by atoms with van der Waals surface area (Å²) in [6.45, 7) is 10.0. The number of dihydropyridines is 1. The minimum Gasteiger partial charge on any atom is -0.468 e. The highest BCUT2D eigenvalue weighted by atomic mass is 32.2. The van der Waals surface area contributed by atoms with E-state index in [4.69, 9.17) is 4.42 Å². The van der Waals surface area contributed by atoms with Crippen molar-refractivity contribution in [3.05, 3.63) is 105 Å². The number of hydrogen-bond donors (Lipinski definition) is 3. The lowest BCUT2D eigenvalue weighted by Gasteiger charge is -2.28. The molecule has 0 saturated carbocycles. The number of carbonyl (C=O) groups is 2. The number of benzene rings is 2. The third-order valence-electron chi connectivity index (χ3n) is 6.91. The molecule has 8 heteroatoms. The predicted molar refractivity (Wildman–Crippen MR) is 161 cm³/mol. The van der Waals surface area contributed by atoms with Crippen LogP contribution in [0.25, 0.3) is 0 Å². The van der Waals surface area contributed by atoms with Crippen molar-refractivity contribution >= 4 is 35.0 Å². The Labute approximate surface area is 239 Å². The number of nitrogens with one attached hydrogen (secondary N) is 3. The first-order valence-electron chi connectivity index (χ1n) is 13.3. The second-order valence-electron chi connectivity index (χ2n) is 10.00. The average molecular weight is 555 g/mol. The Morgan fingerprint density at radius 1 is 1.07 bits per heavy atom. The summed E-state index contributed by atoms with van der Waals surface area (Å²) < 4.78 is 5.72. The molecule has 40 heavy (non-hydrogen) atoms. The van der Waals surface area contributed by atoms with E-state index in [-0.39, 0.29) is 17.6 Å². The van der Waals surface area contributed by atoms with Gasteiger partial charge in [-0.1, -0.05) is 62.9 Å². The molecule has 0 spiro atoms. The number of nitrogens with zero attached hydrogens (tertiary/aromatic N) is 1. The molecule has 1 aliphatic rings. The summed E-state index contributed by atoms with van der Waals surface area (Å²) in [7, 11) is 0. The van der Waals surface area contributed by atoms with Gasteiger partial charge in [-0.05, 0) is 67.1 Å². The van der Waals surface area contributed by atoms with Crippen LogP contribution in [0.1, 0.15) is 62.0 Å². The van der Waals surface area contributed by atoms with E-state index in [2.05, 4.69) is 35.9 Å². The molecule has 2 amide bonds. The number of para-hydroxylation sites is 1. The van der Waals surface area contributed by atoms with Crippen molar-refractivity contribution in [2.45, 2.75) is 52.9 Å². The maximum atomic E-state index is 13.8. The van der Waals surface area contributed by atoms with Gasteiger partial charge in [-0.2, -0.15) is 5.26 Å². The lowest BCUT2D eigenvalue weighted by Crippen LogP contribution is -2.31. The second kappa shape index (κ2) is 12.8. The topological polar surface area (TPSA) is 107 Å². The number of rotatable bonds is 9. The molecule has 0 radical (unpaired) electrons. The van der Waals surface area contributed by atoms with Crippen molar-refractivity contribution in [3.8, 4) is 6.07 Å². The number of allylic oxidation sites excluding steroid dienone is 2. The van der Waals surface area contributed by atoms with Crippen molar-refractivity contribution in [1.29, 1.82) is 5.26 Å². The van der Waals surface area contributed by atoms with E-state index in [0.29, 0.717) is 39.2 Å². The Kier molecular flexibility index (Phi) is 9.18. The number of aryl methyl sites for hydroxylation is 2. The lowest BCUT2D eigenvalue weighted by molar-refractivity contribution is -0.114. The van der Waals surface area contributed by atoms with Gasteiger partial charge in [0, 0.05) is 17.1 Å². The molecule has 0 saturated heterocycles. The SMILES string of the molecule is CCc1cccc(C)c1NC(=O)C1=C(C)NC(SCC(=O)Nc2ccc(C(C)C)cc2)=C(C#N)[C@@H]1c1ccco1. The molecule has 0 aliphatic carbocycles. The van der Waals surface area contributed by atoms with Crippen LogP contribution in [0.5, 0.6) is 0 Å². The number of anilines is 2. The average Bonchev–Trinajstić information content (AvgIpc) is 3.47. The van der Waals surface area contributed by atoms with E-state index in [9.17, 15) is 14.9 Å². The molecule has 3 N–H and O–H groups in total.